The summed E-state index contributed by atoms with van der Waals surface area (Å²) in [5.41, 5.74) is 1.12. The van der Waals surface area contributed by atoms with Crippen LogP contribution in [0.4, 0.5) is 5.69 Å². The molecule has 2 aromatic rings. The second-order valence-corrected chi connectivity index (χ2v) is 6.47. The Labute approximate surface area is 162 Å². The van der Waals surface area contributed by atoms with Gasteiger partial charge in [0.25, 0.3) is 5.91 Å². The van der Waals surface area contributed by atoms with Gasteiger partial charge in [-0.15, -0.1) is 11.8 Å². The van der Waals surface area contributed by atoms with Crippen LogP contribution in [0.5, 0.6) is 5.75 Å². The lowest BCUT2D eigenvalue weighted by Gasteiger charge is -2.07. The molecule has 2 rings (SSSR count). The standard InChI is InChI=1S/C20H21NO5S/c1-25-16-7-5-15(6-8-16)21-19(23)13-26-20(24)12-11-18(22)14-3-9-17(27-2)10-4-14/h3-10H,11-13H2,1-2H3,(H,21,23). The zero-order valence-electron chi connectivity index (χ0n) is 15.2. The van der Waals surface area contributed by atoms with E-state index in [0.717, 1.165) is 4.90 Å². The highest BCUT2D eigenvalue weighted by molar-refractivity contribution is 7.98. The first-order chi connectivity index (χ1) is 13.0. The van der Waals surface area contributed by atoms with E-state index in [2.05, 4.69) is 5.32 Å². The Morgan fingerprint density at radius 2 is 1.63 bits per heavy atom. The zero-order valence-corrected chi connectivity index (χ0v) is 16.0. The van der Waals surface area contributed by atoms with Crippen LogP contribution in [0.25, 0.3) is 0 Å². The number of amides is 1. The number of esters is 1. The molecule has 7 heteroatoms. The second kappa shape index (κ2) is 10.4. The summed E-state index contributed by atoms with van der Waals surface area (Å²) >= 11 is 1.59. The Hall–Kier alpha value is -2.80. The van der Waals surface area contributed by atoms with E-state index in [9.17, 15) is 14.4 Å². The Bertz CT molecular complexity index is 787. The van der Waals surface area contributed by atoms with Gasteiger partial charge in [-0.3, -0.25) is 14.4 Å². The largest absolute Gasteiger partial charge is 0.497 e. The van der Waals surface area contributed by atoms with Crippen molar-refractivity contribution in [1.82, 2.24) is 0 Å². The van der Waals surface area contributed by atoms with E-state index in [1.807, 2.05) is 18.4 Å². The fourth-order valence-corrected chi connectivity index (χ4v) is 2.63. The molecule has 0 fully saturated rings. The zero-order chi connectivity index (χ0) is 19.6. The molecule has 0 radical (unpaired) electrons. The van der Waals surface area contributed by atoms with Crippen molar-refractivity contribution in [1.29, 1.82) is 0 Å². The minimum Gasteiger partial charge on any atom is -0.497 e. The maximum absolute atomic E-state index is 12.1. The fraction of sp³-hybridized carbons (Fsp3) is 0.250. The summed E-state index contributed by atoms with van der Waals surface area (Å²) in [7, 11) is 1.55. The number of benzene rings is 2. The molecule has 0 aliphatic rings. The first kappa shape index (κ1) is 20.5. The topological polar surface area (TPSA) is 81.7 Å². The highest BCUT2D eigenvalue weighted by Crippen LogP contribution is 2.16. The summed E-state index contributed by atoms with van der Waals surface area (Å²) in [6, 6.07) is 14.0. The van der Waals surface area contributed by atoms with Crippen molar-refractivity contribution >= 4 is 35.1 Å². The van der Waals surface area contributed by atoms with E-state index in [4.69, 9.17) is 9.47 Å². The van der Waals surface area contributed by atoms with E-state index in [0.29, 0.717) is 17.0 Å². The first-order valence-electron chi connectivity index (χ1n) is 8.28. The predicted octanol–water partition coefficient (Wildman–Crippen LogP) is 3.56. The summed E-state index contributed by atoms with van der Waals surface area (Å²) in [5.74, 6) is -0.504. The van der Waals surface area contributed by atoms with Gasteiger partial charge in [-0.1, -0.05) is 12.1 Å². The maximum Gasteiger partial charge on any atom is 0.306 e. The summed E-state index contributed by atoms with van der Waals surface area (Å²) in [6.45, 7) is -0.401. The van der Waals surface area contributed by atoms with Crippen LogP contribution in [0.15, 0.2) is 53.4 Å². The van der Waals surface area contributed by atoms with Crippen molar-refractivity contribution in [2.24, 2.45) is 0 Å². The van der Waals surface area contributed by atoms with Crippen LogP contribution in [-0.4, -0.2) is 37.6 Å². The highest BCUT2D eigenvalue weighted by Gasteiger charge is 2.12. The molecule has 0 saturated carbocycles. The smallest absolute Gasteiger partial charge is 0.306 e. The summed E-state index contributed by atoms with van der Waals surface area (Å²) in [4.78, 5) is 36.7. The number of thioether (sulfide) groups is 1. The molecule has 2 aromatic carbocycles. The van der Waals surface area contributed by atoms with E-state index >= 15 is 0 Å². The molecule has 0 aliphatic heterocycles. The van der Waals surface area contributed by atoms with Crippen molar-refractivity contribution < 1.29 is 23.9 Å². The highest BCUT2D eigenvalue weighted by atomic mass is 32.2. The average molecular weight is 387 g/mol. The minimum atomic E-state index is -0.589. The van der Waals surface area contributed by atoms with Gasteiger partial charge in [0.05, 0.1) is 13.5 Å². The van der Waals surface area contributed by atoms with Crippen LogP contribution >= 0.6 is 11.8 Å². The first-order valence-corrected chi connectivity index (χ1v) is 9.51. The summed E-state index contributed by atoms with van der Waals surface area (Å²) in [6.07, 6.45) is 1.92. The third kappa shape index (κ3) is 6.79. The molecule has 142 valence electrons. The van der Waals surface area contributed by atoms with Gasteiger partial charge >= 0.3 is 5.97 Å². The van der Waals surface area contributed by atoms with Gasteiger partial charge in [0.2, 0.25) is 0 Å². The van der Waals surface area contributed by atoms with Crippen LogP contribution in [0, 0.1) is 0 Å². The molecule has 0 unspecified atom stereocenters. The van der Waals surface area contributed by atoms with Gasteiger partial charge in [0.1, 0.15) is 5.75 Å². The molecular formula is C20H21NO5S. The van der Waals surface area contributed by atoms with Crippen molar-refractivity contribution in [3.8, 4) is 5.75 Å². The number of ketones is 1. The Kier molecular flexibility index (Phi) is 7.88. The van der Waals surface area contributed by atoms with Crippen LogP contribution in [0.2, 0.25) is 0 Å². The number of methoxy groups -OCH3 is 1. The van der Waals surface area contributed by atoms with Gasteiger partial charge in [0.15, 0.2) is 12.4 Å². The average Bonchev–Trinajstić information content (AvgIpc) is 2.71. The van der Waals surface area contributed by atoms with E-state index in [1.54, 1.807) is 55.3 Å². The molecule has 0 saturated heterocycles. The van der Waals surface area contributed by atoms with Crippen LogP contribution < -0.4 is 10.1 Å². The number of Topliss-reactive ketones (excluding diaryl/α,β-unsaturated/α-hetero) is 1. The molecule has 6 nitrogen and oxygen atoms in total. The molecule has 0 aliphatic carbocycles. The number of ether oxygens (including phenoxy) is 2. The Balaban J connectivity index is 1.71. The van der Waals surface area contributed by atoms with Gasteiger partial charge < -0.3 is 14.8 Å². The number of hydrogen-bond acceptors (Lipinski definition) is 6. The minimum absolute atomic E-state index is 0.0392. The van der Waals surface area contributed by atoms with E-state index in [1.165, 1.54) is 0 Å². The van der Waals surface area contributed by atoms with Crippen molar-refractivity contribution in [2.75, 3.05) is 25.3 Å². The third-order valence-electron chi connectivity index (χ3n) is 3.71. The predicted molar refractivity (Wildman–Crippen MR) is 104 cm³/mol. The van der Waals surface area contributed by atoms with E-state index in [-0.39, 0.29) is 18.6 Å². The number of carbonyl (C=O) groups excluding carboxylic acids is 3. The number of hydrogen-bond donors (Lipinski definition) is 1. The van der Waals surface area contributed by atoms with Gasteiger partial charge in [0, 0.05) is 22.6 Å². The van der Waals surface area contributed by atoms with Crippen LogP contribution in [0.1, 0.15) is 23.2 Å². The van der Waals surface area contributed by atoms with Gasteiger partial charge in [-0.2, -0.15) is 0 Å². The second-order valence-electron chi connectivity index (χ2n) is 5.59. The third-order valence-corrected chi connectivity index (χ3v) is 4.45. The van der Waals surface area contributed by atoms with Crippen molar-refractivity contribution in [2.45, 2.75) is 17.7 Å². The Morgan fingerprint density at radius 1 is 0.963 bits per heavy atom. The van der Waals surface area contributed by atoms with Gasteiger partial charge in [-0.05, 0) is 42.7 Å². The monoisotopic (exact) mass is 387 g/mol. The molecule has 0 spiro atoms. The quantitative estimate of drug-likeness (QED) is 0.402. The molecule has 27 heavy (non-hydrogen) atoms. The summed E-state index contributed by atoms with van der Waals surface area (Å²) in [5, 5.41) is 2.61. The van der Waals surface area contributed by atoms with Crippen molar-refractivity contribution in [3.05, 3.63) is 54.1 Å². The summed E-state index contributed by atoms with van der Waals surface area (Å²) < 4.78 is 9.94. The maximum atomic E-state index is 12.1. The lowest BCUT2D eigenvalue weighted by Crippen LogP contribution is -2.21. The van der Waals surface area contributed by atoms with Gasteiger partial charge in [-0.25, -0.2) is 0 Å². The normalized spacial score (nSPS) is 10.1. The Morgan fingerprint density at radius 3 is 2.22 bits per heavy atom. The number of nitrogens with one attached hydrogen (secondary N) is 1. The number of rotatable bonds is 9. The number of anilines is 1. The molecular weight excluding hydrogens is 366 g/mol. The van der Waals surface area contributed by atoms with E-state index < -0.39 is 18.5 Å². The lowest BCUT2D eigenvalue weighted by molar-refractivity contribution is -0.147. The molecule has 0 atom stereocenters. The van der Waals surface area contributed by atoms with Crippen LogP contribution in [0.3, 0.4) is 0 Å². The lowest BCUT2D eigenvalue weighted by atomic mass is 10.1. The fourth-order valence-electron chi connectivity index (χ4n) is 2.23. The SMILES string of the molecule is COc1ccc(NC(=O)COC(=O)CCC(=O)c2ccc(SC)cc2)cc1. The molecule has 0 heterocycles. The molecule has 0 bridgehead atoms. The molecule has 1 N–H and O–H groups in total. The number of carbonyl (C=O) groups is 3. The van der Waals surface area contributed by atoms with Crippen LogP contribution in [-0.2, 0) is 14.3 Å². The molecule has 1 amide bonds. The molecule has 0 aromatic heterocycles. The van der Waals surface area contributed by atoms with Crippen molar-refractivity contribution in [3.63, 3.8) is 0 Å².